The van der Waals surface area contributed by atoms with Crippen LogP contribution in [-0.2, 0) is 0 Å². The summed E-state index contributed by atoms with van der Waals surface area (Å²) in [4.78, 5) is 14.2. The highest BCUT2D eigenvalue weighted by Crippen LogP contribution is 2.21. The Morgan fingerprint density at radius 3 is 2.70 bits per heavy atom. The molecule has 0 radical (unpaired) electrons. The van der Waals surface area contributed by atoms with Crippen molar-refractivity contribution in [3.63, 3.8) is 0 Å². The quantitative estimate of drug-likeness (QED) is 0.834. The zero-order chi connectivity index (χ0) is 14.4. The number of carbonyl (C=O) groups is 1. The smallest absolute Gasteiger partial charge is 0.261 e. The number of anilines is 1. The highest BCUT2D eigenvalue weighted by atomic mass is 16.5. The molecule has 20 heavy (non-hydrogen) atoms. The molecule has 0 atom stereocenters. The summed E-state index contributed by atoms with van der Waals surface area (Å²) in [7, 11) is 1.61. The van der Waals surface area contributed by atoms with Crippen molar-refractivity contribution in [3.8, 4) is 5.75 Å². The van der Waals surface area contributed by atoms with Gasteiger partial charge in [-0.15, -0.1) is 0 Å². The van der Waals surface area contributed by atoms with Gasteiger partial charge in [-0.3, -0.25) is 9.89 Å². The van der Waals surface area contributed by atoms with Crippen molar-refractivity contribution in [3.05, 3.63) is 42.2 Å². The fraction of sp³-hybridized carbons (Fsp3) is 0.286. The predicted octanol–water partition coefficient (Wildman–Crippen LogP) is 1.41. The molecular weight excluding hydrogens is 256 g/mol. The van der Waals surface area contributed by atoms with Crippen LogP contribution in [0.5, 0.6) is 5.75 Å². The number of amides is 1. The molecule has 0 spiro atoms. The minimum atomic E-state index is -0.0997. The van der Waals surface area contributed by atoms with Crippen LogP contribution in [0, 0.1) is 0 Å². The number of rotatable bonds is 6. The summed E-state index contributed by atoms with van der Waals surface area (Å²) in [6.45, 7) is 1.10. The molecule has 0 saturated heterocycles. The van der Waals surface area contributed by atoms with E-state index in [1.165, 1.54) is 6.20 Å². The Labute approximate surface area is 117 Å². The van der Waals surface area contributed by atoms with Crippen LogP contribution in [0.2, 0.25) is 0 Å². The first-order valence-corrected chi connectivity index (χ1v) is 6.41. The van der Waals surface area contributed by atoms with Crippen LogP contribution in [0.1, 0.15) is 16.8 Å². The van der Waals surface area contributed by atoms with Gasteiger partial charge in [-0.2, -0.15) is 5.10 Å². The van der Waals surface area contributed by atoms with Crippen LogP contribution in [0.25, 0.3) is 0 Å². The average Bonchev–Trinajstić information content (AvgIpc) is 3.02. The Morgan fingerprint density at radius 1 is 1.40 bits per heavy atom. The van der Waals surface area contributed by atoms with Crippen LogP contribution in [0.3, 0.4) is 0 Å². The van der Waals surface area contributed by atoms with Crippen LogP contribution in [0.4, 0.5) is 5.69 Å². The van der Waals surface area contributed by atoms with E-state index in [-0.39, 0.29) is 5.91 Å². The van der Waals surface area contributed by atoms with Gasteiger partial charge in [-0.05, 0) is 37.2 Å². The van der Waals surface area contributed by atoms with Crippen molar-refractivity contribution >= 4 is 11.6 Å². The number of aromatic amines is 1. The number of nitrogens with one attached hydrogen (secondary N) is 1. The summed E-state index contributed by atoms with van der Waals surface area (Å²) >= 11 is 0. The fourth-order valence-electron chi connectivity index (χ4n) is 1.88. The fourth-order valence-corrected chi connectivity index (χ4v) is 1.88. The maximum absolute atomic E-state index is 12.5. The van der Waals surface area contributed by atoms with Crippen molar-refractivity contribution in [2.24, 2.45) is 5.73 Å². The lowest BCUT2D eigenvalue weighted by Crippen LogP contribution is -2.32. The number of nitrogens with zero attached hydrogens (tertiary/aromatic N) is 2. The molecule has 6 nitrogen and oxygen atoms in total. The van der Waals surface area contributed by atoms with Crippen LogP contribution < -0.4 is 15.4 Å². The molecule has 0 saturated carbocycles. The van der Waals surface area contributed by atoms with Gasteiger partial charge in [-0.25, -0.2) is 0 Å². The summed E-state index contributed by atoms with van der Waals surface area (Å²) in [5, 5.41) is 6.46. The predicted molar refractivity (Wildman–Crippen MR) is 76.9 cm³/mol. The van der Waals surface area contributed by atoms with Gasteiger partial charge in [0.2, 0.25) is 0 Å². The van der Waals surface area contributed by atoms with E-state index < -0.39 is 0 Å². The SMILES string of the molecule is COc1ccc(N(CCCN)C(=O)c2cn[nH]c2)cc1. The molecule has 1 aromatic heterocycles. The second kappa shape index (κ2) is 6.72. The van der Waals surface area contributed by atoms with Gasteiger partial charge in [0.15, 0.2) is 0 Å². The highest BCUT2D eigenvalue weighted by Gasteiger charge is 2.18. The van der Waals surface area contributed by atoms with Crippen LogP contribution >= 0.6 is 0 Å². The largest absolute Gasteiger partial charge is 0.497 e. The lowest BCUT2D eigenvalue weighted by Gasteiger charge is -2.22. The molecule has 0 aliphatic rings. The third kappa shape index (κ3) is 3.16. The summed E-state index contributed by atoms with van der Waals surface area (Å²) < 4.78 is 5.12. The molecule has 1 aromatic carbocycles. The molecule has 0 aliphatic heterocycles. The van der Waals surface area contributed by atoms with E-state index in [0.29, 0.717) is 18.7 Å². The van der Waals surface area contributed by atoms with Gasteiger partial charge in [0.1, 0.15) is 5.75 Å². The van der Waals surface area contributed by atoms with Crippen LogP contribution in [0.15, 0.2) is 36.7 Å². The number of methoxy groups -OCH3 is 1. The van der Waals surface area contributed by atoms with E-state index in [1.807, 2.05) is 24.3 Å². The van der Waals surface area contributed by atoms with Gasteiger partial charge >= 0.3 is 0 Å². The van der Waals surface area contributed by atoms with Crippen molar-refractivity contribution in [2.75, 3.05) is 25.1 Å². The Bertz CT molecular complexity index is 537. The summed E-state index contributed by atoms with van der Waals surface area (Å²) in [5.74, 6) is 0.653. The molecule has 1 heterocycles. The van der Waals surface area contributed by atoms with E-state index in [0.717, 1.165) is 17.9 Å². The molecule has 2 rings (SSSR count). The Hall–Kier alpha value is -2.34. The topological polar surface area (TPSA) is 84.2 Å². The first kappa shape index (κ1) is 14.1. The number of hydrogen-bond donors (Lipinski definition) is 2. The standard InChI is InChI=1S/C14H18N4O2/c1-20-13-5-3-12(4-6-13)18(8-2-7-15)14(19)11-9-16-17-10-11/h3-6,9-10H,2,7-8,15H2,1H3,(H,16,17). The Morgan fingerprint density at radius 2 is 2.15 bits per heavy atom. The van der Waals surface area contributed by atoms with Gasteiger partial charge in [0.25, 0.3) is 5.91 Å². The van der Waals surface area contributed by atoms with Crippen molar-refractivity contribution in [1.29, 1.82) is 0 Å². The number of nitrogens with two attached hydrogens (primary N) is 1. The highest BCUT2D eigenvalue weighted by molar-refractivity contribution is 6.05. The number of hydrogen-bond acceptors (Lipinski definition) is 4. The molecule has 0 bridgehead atoms. The van der Waals surface area contributed by atoms with Crippen LogP contribution in [-0.4, -0.2) is 36.3 Å². The molecule has 2 aromatic rings. The molecule has 6 heteroatoms. The Kier molecular flexibility index (Phi) is 4.73. The first-order valence-electron chi connectivity index (χ1n) is 6.41. The van der Waals surface area contributed by atoms with Gasteiger partial charge in [0, 0.05) is 18.4 Å². The summed E-state index contributed by atoms with van der Waals surface area (Å²) in [6, 6.07) is 7.36. The van der Waals surface area contributed by atoms with Gasteiger partial charge in [0.05, 0.1) is 18.9 Å². The van der Waals surface area contributed by atoms with E-state index in [9.17, 15) is 4.79 Å². The number of aromatic nitrogens is 2. The van der Waals surface area contributed by atoms with Gasteiger partial charge < -0.3 is 15.4 Å². The second-order valence-corrected chi connectivity index (χ2v) is 4.28. The normalized spacial score (nSPS) is 10.3. The van der Waals surface area contributed by atoms with E-state index in [1.54, 1.807) is 18.2 Å². The first-order chi connectivity index (χ1) is 9.76. The number of carbonyl (C=O) groups excluding carboxylic acids is 1. The Balaban J connectivity index is 2.23. The molecule has 3 N–H and O–H groups in total. The van der Waals surface area contributed by atoms with E-state index >= 15 is 0 Å². The third-order valence-electron chi connectivity index (χ3n) is 2.96. The molecule has 0 aliphatic carbocycles. The maximum atomic E-state index is 12.5. The minimum Gasteiger partial charge on any atom is -0.497 e. The minimum absolute atomic E-state index is 0.0997. The lowest BCUT2D eigenvalue weighted by molar-refractivity contribution is 0.0987. The molecule has 0 unspecified atom stereocenters. The second-order valence-electron chi connectivity index (χ2n) is 4.28. The average molecular weight is 274 g/mol. The zero-order valence-corrected chi connectivity index (χ0v) is 11.4. The van der Waals surface area contributed by atoms with Crippen molar-refractivity contribution < 1.29 is 9.53 Å². The van der Waals surface area contributed by atoms with E-state index in [4.69, 9.17) is 10.5 Å². The third-order valence-corrected chi connectivity index (χ3v) is 2.96. The summed E-state index contributed by atoms with van der Waals surface area (Å²) in [6.07, 6.45) is 3.83. The molecular formula is C14H18N4O2. The molecule has 1 amide bonds. The van der Waals surface area contributed by atoms with Gasteiger partial charge in [-0.1, -0.05) is 0 Å². The molecule has 0 fully saturated rings. The van der Waals surface area contributed by atoms with E-state index in [2.05, 4.69) is 10.2 Å². The van der Waals surface area contributed by atoms with Crippen molar-refractivity contribution in [1.82, 2.24) is 10.2 Å². The number of benzene rings is 1. The maximum Gasteiger partial charge on any atom is 0.261 e. The lowest BCUT2D eigenvalue weighted by atomic mass is 10.2. The summed E-state index contributed by atoms with van der Waals surface area (Å²) in [5.41, 5.74) is 6.88. The number of ether oxygens (including phenoxy) is 1. The molecule has 106 valence electrons. The monoisotopic (exact) mass is 274 g/mol. The van der Waals surface area contributed by atoms with Crippen molar-refractivity contribution in [2.45, 2.75) is 6.42 Å². The number of H-pyrrole nitrogens is 1. The zero-order valence-electron chi connectivity index (χ0n) is 11.4.